The highest BCUT2D eigenvalue weighted by Gasteiger charge is 2.38. The minimum absolute atomic E-state index is 0.0281. The Hall–Kier alpha value is -4.58. The number of benzene rings is 2. The molecule has 44 heavy (non-hydrogen) atoms. The lowest BCUT2D eigenvalue weighted by molar-refractivity contribution is 0.0685. The largest absolute Gasteiger partial charge is 0.497 e. The van der Waals surface area contributed by atoms with E-state index in [1.54, 1.807) is 18.1 Å². The molecule has 12 heteroatoms. The number of hydrogen-bond donors (Lipinski definition) is 1. The highest BCUT2D eigenvalue weighted by molar-refractivity contribution is 6.07. The van der Waals surface area contributed by atoms with Crippen LogP contribution in [0.25, 0.3) is 10.9 Å². The van der Waals surface area contributed by atoms with Crippen molar-refractivity contribution in [1.82, 2.24) is 24.6 Å². The summed E-state index contributed by atoms with van der Waals surface area (Å²) in [7, 11) is 3.08. The molecule has 1 amide bonds. The second-order valence-electron chi connectivity index (χ2n) is 11.1. The lowest BCUT2D eigenvalue weighted by atomic mass is 10.2. The first-order chi connectivity index (χ1) is 21.3. The predicted octanol–water partition coefficient (Wildman–Crippen LogP) is 3.43. The van der Waals surface area contributed by atoms with Gasteiger partial charge >= 0.3 is 0 Å². The van der Waals surface area contributed by atoms with E-state index in [-0.39, 0.29) is 30.9 Å². The van der Waals surface area contributed by atoms with Crippen LogP contribution in [-0.4, -0.2) is 78.6 Å². The van der Waals surface area contributed by atoms with E-state index in [2.05, 4.69) is 10.2 Å². The Labute approximate surface area is 254 Å². The van der Waals surface area contributed by atoms with Crippen LogP contribution in [0.2, 0.25) is 0 Å². The van der Waals surface area contributed by atoms with Gasteiger partial charge in [-0.3, -0.25) is 9.59 Å². The minimum atomic E-state index is -0.453. The van der Waals surface area contributed by atoms with Crippen LogP contribution in [0.15, 0.2) is 47.3 Å². The second kappa shape index (κ2) is 12.2. The quantitative estimate of drug-likeness (QED) is 0.310. The summed E-state index contributed by atoms with van der Waals surface area (Å²) >= 11 is 0. The molecule has 1 fully saturated rings. The third kappa shape index (κ3) is 5.23. The van der Waals surface area contributed by atoms with E-state index in [1.807, 2.05) is 42.7 Å². The summed E-state index contributed by atoms with van der Waals surface area (Å²) in [6, 6.07) is 11.6. The standard InChI is InChI=1S/C32H37FN6O5/c1-5-36-17-20(2)39-27-26(29(43-4)28(39)32(36)41)31(40)38(35-30(27)37-14-12-34-13-15-37)18-22-8-9-23(33)16-25(22)44-19-21-6-10-24(42-3)11-7-21/h6-11,16,20,34H,5,12-15,17-19H2,1-4H3. The van der Waals surface area contributed by atoms with Crippen molar-refractivity contribution < 1.29 is 23.4 Å². The predicted molar refractivity (Wildman–Crippen MR) is 165 cm³/mol. The fourth-order valence-electron chi connectivity index (χ4n) is 6.10. The zero-order valence-electron chi connectivity index (χ0n) is 25.4. The topological polar surface area (TPSA) is 103 Å². The molecule has 0 saturated carbocycles. The molecule has 1 atom stereocenters. The van der Waals surface area contributed by atoms with Crippen LogP contribution in [0.3, 0.4) is 0 Å². The first-order valence-corrected chi connectivity index (χ1v) is 14.9. The van der Waals surface area contributed by atoms with Crippen molar-refractivity contribution >= 4 is 22.6 Å². The molecule has 2 aliphatic rings. The Morgan fingerprint density at radius 3 is 2.48 bits per heavy atom. The monoisotopic (exact) mass is 604 g/mol. The molecule has 1 N–H and O–H groups in total. The molecule has 11 nitrogen and oxygen atoms in total. The average molecular weight is 605 g/mol. The number of halogens is 1. The van der Waals surface area contributed by atoms with Crippen LogP contribution in [-0.2, 0) is 13.2 Å². The van der Waals surface area contributed by atoms with Crippen molar-refractivity contribution in [1.29, 1.82) is 0 Å². The Balaban J connectivity index is 1.47. The number of methoxy groups -OCH3 is 2. The molecule has 232 valence electrons. The SMILES string of the molecule is CCN1CC(C)n2c(c(OC)c3c(=O)n(Cc4ccc(F)cc4OCc4ccc(OC)cc4)nc(N4CCNCC4)c32)C1=O. The van der Waals surface area contributed by atoms with Gasteiger partial charge in [-0.2, -0.15) is 0 Å². The molecule has 4 heterocycles. The van der Waals surface area contributed by atoms with E-state index in [4.69, 9.17) is 19.3 Å². The van der Waals surface area contributed by atoms with Crippen LogP contribution >= 0.6 is 0 Å². The summed E-state index contributed by atoms with van der Waals surface area (Å²) in [5.74, 6) is 1.27. The van der Waals surface area contributed by atoms with Crippen LogP contribution in [0, 0.1) is 5.82 Å². The second-order valence-corrected chi connectivity index (χ2v) is 11.1. The first-order valence-electron chi connectivity index (χ1n) is 14.9. The van der Waals surface area contributed by atoms with E-state index in [1.165, 1.54) is 23.9 Å². The average Bonchev–Trinajstić information content (AvgIpc) is 3.41. The van der Waals surface area contributed by atoms with Gasteiger partial charge in [0.1, 0.15) is 34.8 Å². The Kier molecular flexibility index (Phi) is 8.17. The maximum atomic E-state index is 14.4. The Bertz CT molecular complexity index is 1750. The number of amides is 1. The number of rotatable bonds is 9. The summed E-state index contributed by atoms with van der Waals surface area (Å²) < 4.78 is 34.8. The maximum Gasteiger partial charge on any atom is 0.280 e. The molecule has 1 unspecified atom stereocenters. The van der Waals surface area contributed by atoms with E-state index in [0.29, 0.717) is 59.9 Å². The zero-order valence-corrected chi connectivity index (χ0v) is 25.4. The van der Waals surface area contributed by atoms with Crippen LogP contribution in [0.5, 0.6) is 17.2 Å². The van der Waals surface area contributed by atoms with Crippen LogP contribution < -0.4 is 30.0 Å². The molecule has 0 spiro atoms. The van der Waals surface area contributed by atoms with Crippen molar-refractivity contribution in [2.24, 2.45) is 0 Å². The number of nitrogens with one attached hydrogen (secondary N) is 1. The Morgan fingerprint density at radius 1 is 1.05 bits per heavy atom. The van der Waals surface area contributed by atoms with E-state index < -0.39 is 11.4 Å². The molecule has 0 radical (unpaired) electrons. The molecule has 2 aromatic heterocycles. The van der Waals surface area contributed by atoms with Crippen molar-refractivity contribution in [3.05, 3.63) is 75.5 Å². The van der Waals surface area contributed by atoms with Gasteiger partial charge < -0.3 is 33.9 Å². The molecule has 6 rings (SSSR count). The number of hydrogen-bond acceptors (Lipinski definition) is 8. The number of carbonyl (C=O) groups excluding carboxylic acids is 1. The number of nitrogens with zero attached hydrogens (tertiary/aromatic N) is 5. The first kappa shape index (κ1) is 29.5. The van der Waals surface area contributed by atoms with Crippen molar-refractivity contribution in [3.8, 4) is 17.2 Å². The van der Waals surface area contributed by atoms with Crippen molar-refractivity contribution in [2.45, 2.75) is 33.0 Å². The number of ether oxygens (including phenoxy) is 3. The summed E-state index contributed by atoms with van der Waals surface area (Å²) in [6.45, 7) is 8.14. The van der Waals surface area contributed by atoms with Crippen molar-refractivity contribution in [2.75, 3.05) is 58.4 Å². The minimum Gasteiger partial charge on any atom is -0.497 e. The summed E-state index contributed by atoms with van der Waals surface area (Å²) in [6.07, 6.45) is 0. The number of piperazine rings is 1. The summed E-state index contributed by atoms with van der Waals surface area (Å²) in [4.78, 5) is 31.8. The third-order valence-electron chi connectivity index (χ3n) is 8.36. The fraction of sp³-hybridized carbons (Fsp3) is 0.406. The molecular weight excluding hydrogens is 567 g/mol. The van der Waals surface area contributed by atoms with Gasteiger partial charge in [-0.05, 0) is 37.6 Å². The van der Waals surface area contributed by atoms with Gasteiger partial charge in [0.25, 0.3) is 11.5 Å². The molecule has 0 bridgehead atoms. The summed E-state index contributed by atoms with van der Waals surface area (Å²) in [5, 5.41) is 8.59. The lowest BCUT2D eigenvalue weighted by Crippen LogP contribution is -2.45. The molecule has 1 saturated heterocycles. The number of anilines is 1. The Morgan fingerprint density at radius 2 is 1.80 bits per heavy atom. The summed E-state index contributed by atoms with van der Waals surface area (Å²) in [5.41, 5.74) is 2.03. The number of carbonyl (C=O) groups is 1. The van der Waals surface area contributed by atoms with E-state index in [0.717, 1.165) is 24.4 Å². The van der Waals surface area contributed by atoms with Crippen LogP contribution in [0.1, 0.15) is 41.5 Å². The zero-order chi connectivity index (χ0) is 31.0. The highest BCUT2D eigenvalue weighted by Crippen LogP contribution is 2.41. The van der Waals surface area contributed by atoms with Gasteiger partial charge in [-0.25, -0.2) is 9.07 Å². The highest BCUT2D eigenvalue weighted by atomic mass is 19.1. The normalized spacial score (nSPS) is 16.8. The van der Waals surface area contributed by atoms with Gasteiger partial charge in [-0.15, -0.1) is 5.10 Å². The molecule has 4 aromatic rings. The van der Waals surface area contributed by atoms with E-state index >= 15 is 0 Å². The molecular formula is C32H37FN6O5. The maximum absolute atomic E-state index is 14.4. The van der Waals surface area contributed by atoms with Gasteiger partial charge in [0.15, 0.2) is 17.3 Å². The van der Waals surface area contributed by atoms with Gasteiger partial charge in [0.2, 0.25) is 0 Å². The number of fused-ring (bicyclic) bond motifs is 3. The third-order valence-corrected chi connectivity index (χ3v) is 8.36. The fourth-order valence-corrected chi connectivity index (χ4v) is 6.10. The number of aromatic nitrogens is 3. The number of likely N-dealkylation sites (N-methyl/N-ethyl adjacent to an activating group) is 1. The molecule has 0 aliphatic carbocycles. The lowest BCUT2D eigenvalue weighted by Gasteiger charge is -2.34. The van der Waals surface area contributed by atoms with Crippen LogP contribution in [0.4, 0.5) is 10.2 Å². The van der Waals surface area contributed by atoms with Gasteiger partial charge in [0.05, 0.1) is 20.8 Å². The molecule has 2 aliphatic heterocycles. The van der Waals surface area contributed by atoms with Gasteiger partial charge in [-0.1, -0.05) is 18.2 Å². The van der Waals surface area contributed by atoms with E-state index in [9.17, 15) is 14.0 Å². The van der Waals surface area contributed by atoms with Crippen molar-refractivity contribution in [3.63, 3.8) is 0 Å². The molecule has 2 aromatic carbocycles. The van der Waals surface area contributed by atoms with Gasteiger partial charge in [0, 0.05) is 56.9 Å². The smallest absolute Gasteiger partial charge is 0.280 e.